The zero-order valence-corrected chi connectivity index (χ0v) is 11.3. The second-order valence-electron chi connectivity index (χ2n) is 4.41. The average Bonchev–Trinajstić information content (AvgIpc) is 2.55. The first-order valence-electron chi connectivity index (χ1n) is 5.91. The van der Waals surface area contributed by atoms with Gasteiger partial charge in [0.2, 0.25) is 0 Å². The average molecular weight is 278 g/mol. The van der Waals surface area contributed by atoms with E-state index in [1.165, 1.54) is 6.42 Å². The standard InChI is InChI=1S/C10H16ClN3O2S/c1-2-3-7-14-9(8-5-4-6-8)12-13-10(14)17(11,15)16/h8H,2-7H2,1H3. The lowest BCUT2D eigenvalue weighted by molar-refractivity contribution is 0.379. The van der Waals surface area contributed by atoms with Crippen LogP contribution in [-0.2, 0) is 15.6 Å². The minimum atomic E-state index is -3.80. The molecule has 0 aliphatic heterocycles. The van der Waals surface area contributed by atoms with E-state index in [1.807, 2.05) is 0 Å². The molecule has 0 atom stereocenters. The van der Waals surface area contributed by atoms with Crippen LogP contribution in [0.1, 0.15) is 50.8 Å². The van der Waals surface area contributed by atoms with E-state index >= 15 is 0 Å². The largest absolute Gasteiger partial charge is 0.301 e. The lowest BCUT2D eigenvalue weighted by Gasteiger charge is -2.25. The van der Waals surface area contributed by atoms with Crippen LogP contribution < -0.4 is 0 Å². The fraction of sp³-hybridized carbons (Fsp3) is 0.800. The van der Waals surface area contributed by atoms with Gasteiger partial charge in [-0.1, -0.05) is 19.8 Å². The van der Waals surface area contributed by atoms with Gasteiger partial charge in [-0.15, -0.1) is 10.2 Å². The molecule has 1 aromatic heterocycles. The highest BCUT2D eigenvalue weighted by Crippen LogP contribution is 2.36. The van der Waals surface area contributed by atoms with Crippen LogP contribution in [0.5, 0.6) is 0 Å². The van der Waals surface area contributed by atoms with Gasteiger partial charge in [-0.25, -0.2) is 8.42 Å². The first kappa shape index (κ1) is 12.8. The highest BCUT2D eigenvalue weighted by atomic mass is 35.7. The molecule has 17 heavy (non-hydrogen) atoms. The Bertz CT molecular complexity index is 494. The molecule has 5 nitrogen and oxygen atoms in total. The molecular formula is C10H16ClN3O2S. The van der Waals surface area contributed by atoms with Gasteiger partial charge in [0.1, 0.15) is 5.82 Å². The third-order valence-corrected chi connectivity index (χ3v) is 4.32. The predicted octanol–water partition coefficient (Wildman–Crippen LogP) is 2.27. The zero-order chi connectivity index (χ0) is 12.5. The molecule has 0 bridgehead atoms. The zero-order valence-electron chi connectivity index (χ0n) is 9.76. The van der Waals surface area contributed by atoms with E-state index in [2.05, 4.69) is 17.1 Å². The van der Waals surface area contributed by atoms with Gasteiger partial charge in [-0.2, -0.15) is 0 Å². The quantitative estimate of drug-likeness (QED) is 0.775. The van der Waals surface area contributed by atoms with Gasteiger partial charge in [0.25, 0.3) is 14.2 Å². The van der Waals surface area contributed by atoms with Crippen molar-refractivity contribution in [2.75, 3.05) is 0 Å². The molecule has 0 aromatic carbocycles. The molecule has 7 heteroatoms. The molecule has 0 spiro atoms. The summed E-state index contributed by atoms with van der Waals surface area (Å²) >= 11 is 0. The number of hydrogen-bond donors (Lipinski definition) is 0. The summed E-state index contributed by atoms with van der Waals surface area (Å²) < 4.78 is 24.5. The van der Waals surface area contributed by atoms with Crippen LogP contribution in [0.4, 0.5) is 0 Å². The molecule has 1 fully saturated rings. The maximum Gasteiger partial charge on any atom is 0.296 e. The summed E-state index contributed by atoms with van der Waals surface area (Å²) in [5, 5.41) is 7.64. The second kappa shape index (κ2) is 4.94. The summed E-state index contributed by atoms with van der Waals surface area (Å²) in [4.78, 5) is 0. The fourth-order valence-electron chi connectivity index (χ4n) is 1.98. The third kappa shape index (κ3) is 2.63. The normalized spacial score (nSPS) is 17.1. The Balaban J connectivity index is 2.35. The van der Waals surface area contributed by atoms with Crippen LogP contribution in [0, 0.1) is 0 Å². The lowest BCUT2D eigenvalue weighted by Crippen LogP contribution is -2.17. The minimum Gasteiger partial charge on any atom is -0.301 e. The van der Waals surface area contributed by atoms with E-state index in [1.54, 1.807) is 4.57 Å². The van der Waals surface area contributed by atoms with Crippen molar-refractivity contribution in [1.29, 1.82) is 0 Å². The summed E-state index contributed by atoms with van der Waals surface area (Å²) in [5.74, 6) is 1.13. The number of rotatable bonds is 5. The second-order valence-corrected chi connectivity index (χ2v) is 6.87. The van der Waals surface area contributed by atoms with Crippen molar-refractivity contribution < 1.29 is 8.42 Å². The van der Waals surface area contributed by atoms with Gasteiger partial charge < -0.3 is 4.57 Å². The fourth-order valence-corrected chi connectivity index (χ4v) is 2.90. The molecule has 1 aliphatic rings. The van der Waals surface area contributed by atoms with Crippen molar-refractivity contribution in [3.63, 3.8) is 0 Å². The van der Waals surface area contributed by atoms with Gasteiger partial charge >= 0.3 is 0 Å². The van der Waals surface area contributed by atoms with Crippen molar-refractivity contribution in [1.82, 2.24) is 14.8 Å². The van der Waals surface area contributed by atoms with Crippen molar-refractivity contribution in [2.24, 2.45) is 0 Å². The predicted molar refractivity (Wildman–Crippen MR) is 64.6 cm³/mol. The smallest absolute Gasteiger partial charge is 0.296 e. The van der Waals surface area contributed by atoms with Crippen molar-refractivity contribution in [2.45, 2.75) is 56.6 Å². The molecule has 2 rings (SSSR count). The summed E-state index contributed by atoms with van der Waals surface area (Å²) in [6.45, 7) is 2.68. The van der Waals surface area contributed by atoms with Crippen LogP contribution in [0.15, 0.2) is 5.16 Å². The molecule has 0 radical (unpaired) electrons. The molecule has 0 unspecified atom stereocenters. The monoisotopic (exact) mass is 277 g/mol. The van der Waals surface area contributed by atoms with Gasteiger partial charge in [-0.05, 0) is 19.3 Å². The topological polar surface area (TPSA) is 64.8 Å². The summed E-state index contributed by atoms with van der Waals surface area (Å²) in [5.41, 5.74) is 0. The van der Waals surface area contributed by atoms with E-state index in [9.17, 15) is 8.42 Å². The Labute approximate surface area is 106 Å². The first-order valence-corrected chi connectivity index (χ1v) is 8.22. The molecule has 1 aromatic rings. The number of aromatic nitrogens is 3. The molecular weight excluding hydrogens is 262 g/mol. The van der Waals surface area contributed by atoms with E-state index in [0.29, 0.717) is 12.5 Å². The molecule has 1 saturated carbocycles. The summed E-state index contributed by atoms with van der Waals surface area (Å²) in [7, 11) is 1.57. The Morgan fingerprint density at radius 1 is 1.41 bits per heavy atom. The number of unbranched alkanes of at least 4 members (excludes halogenated alkanes) is 1. The number of hydrogen-bond acceptors (Lipinski definition) is 4. The maximum absolute atomic E-state index is 11.4. The highest BCUT2D eigenvalue weighted by Gasteiger charge is 2.29. The van der Waals surface area contributed by atoms with Gasteiger partial charge in [0, 0.05) is 23.1 Å². The molecule has 0 amide bonds. The molecule has 1 aliphatic carbocycles. The van der Waals surface area contributed by atoms with Gasteiger partial charge in [0.05, 0.1) is 0 Å². The number of nitrogens with zero attached hydrogens (tertiary/aromatic N) is 3. The molecule has 1 heterocycles. The van der Waals surface area contributed by atoms with Crippen LogP contribution >= 0.6 is 10.7 Å². The lowest BCUT2D eigenvalue weighted by atomic mass is 9.85. The summed E-state index contributed by atoms with van der Waals surface area (Å²) in [6, 6.07) is 0. The van der Waals surface area contributed by atoms with Crippen LogP contribution in [0.25, 0.3) is 0 Å². The van der Waals surface area contributed by atoms with Crippen molar-refractivity contribution in [3.8, 4) is 0 Å². The van der Waals surface area contributed by atoms with Gasteiger partial charge in [0.15, 0.2) is 0 Å². The number of halogens is 1. The van der Waals surface area contributed by atoms with Gasteiger partial charge in [-0.3, -0.25) is 0 Å². The van der Waals surface area contributed by atoms with Crippen molar-refractivity contribution in [3.05, 3.63) is 5.82 Å². The first-order chi connectivity index (χ1) is 8.04. The van der Waals surface area contributed by atoms with Crippen LogP contribution in [0.3, 0.4) is 0 Å². The van der Waals surface area contributed by atoms with E-state index in [-0.39, 0.29) is 5.16 Å². The Kier molecular flexibility index (Phi) is 3.73. The minimum absolute atomic E-state index is 0.102. The Morgan fingerprint density at radius 2 is 2.12 bits per heavy atom. The molecule has 0 N–H and O–H groups in total. The Morgan fingerprint density at radius 3 is 2.59 bits per heavy atom. The maximum atomic E-state index is 11.4. The molecule has 96 valence electrons. The van der Waals surface area contributed by atoms with E-state index in [0.717, 1.165) is 31.5 Å². The van der Waals surface area contributed by atoms with E-state index in [4.69, 9.17) is 10.7 Å². The van der Waals surface area contributed by atoms with Crippen LogP contribution in [-0.4, -0.2) is 23.2 Å². The summed E-state index contributed by atoms with van der Waals surface area (Å²) in [6.07, 6.45) is 5.19. The molecule has 0 saturated heterocycles. The van der Waals surface area contributed by atoms with E-state index < -0.39 is 9.05 Å². The van der Waals surface area contributed by atoms with Crippen LogP contribution in [0.2, 0.25) is 0 Å². The third-order valence-electron chi connectivity index (χ3n) is 3.17. The SMILES string of the molecule is CCCCn1c(C2CCC2)nnc1S(=O)(=O)Cl. The van der Waals surface area contributed by atoms with Crippen molar-refractivity contribution >= 4 is 19.7 Å². The Hall–Kier alpha value is -0.620. The highest BCUT2D eigenvalue weighted by molar-refractivity contribution is 8.13.